The zero-order chi connectivity index (χ0) is 12.1. The van der Waals surface area contributed by atoms with Crippen LogP contribution in [0.25, 0.3) is 0 Å². The number of esters is 1. The molecule has 16 heavy (non-hydrogen) atoms. The zero-order valence-corrected chi connectivity index (χ0v) is 10.9. The summed E-state index contributed by atoms with van der Waals surface area (Å²) in [5.41, 5.74) is 0. The molecule has 0 aromatic rings. The maximum Gasteiger partial charge on any atom is 0.320 e. The first kappa shape index (κ1) is 13.5. The number of carbonyl (C=O) groups excluding carboxylic acids is 1. The van der Waals surface area contributed by atoms with E-state index in [4.69, 9.17) is 4.74 Å². The molecule has 0 aromatic carbocycles. The Kier molecular flexibility index (Phi) is 5.22. The molecule has 94 valence electrons. The number of hydrogen-bond acceptors (Lipinski definition) is 4. The summed E-state index contributed by atoms with van der Waals surface area (Å²) in [6.07, 6.45) is 2.27. The number of carbonyl (C=O) groups is 1. The first-order chi connectivity index (χ1) is 7.49. The van der Waals surface area contributed by atoms with Crippen molar-refractivity contribution in [3.8, 4) is 0 Å². The van der Waals surface area contributed by atoms with Gasteiger partial charge in [-0.05, 0) is 40.8 Å². The highest BCUT2D eigenvalue weighted by atomic mass is 16.5. The van der Waals surface area contributed by atoms with Crippen LogP contribution in [0.3, 0.4) is 0 Å². The van der Waals surface area contributed by atoms with Gasteiger partial charge in [0, 0.05) is 19.1 Å². The van der Waals surface area contributed by atoms with Crippen LogP contribution in [-0.2, 0) is 9.53 Å². The van der Waals surface area contributed by atoms with Gasteiger partial charge in [-0.3, -0.25) is 9.69 Å². The van der Waals surface area contributed by atoms with Gasteiger partial charge in [-0.2, -0.15) is 0 Å². The van der Waals surface area contributed by atoms with E-state index in [0.29, 0.717) is 12.6 Å². The highest BCUT2D eigenvalue weighted by Gasteiger charge is 2.22. The average Bonchev–Trinajstić information content (AvgIpc) is 2.16. The third-order valence-corrected chi connectivity index (χ3v) is 3.01. The molecule has 4 heteroatoms. The van der Waals surface area contributed by atoms with Crippen LogP contribution in [0.5, 0.6) is 0 Å². The van der Waals surface area contributed by atoms with Crippen LogP contribution in [0.2, 0.25) is 0 Å². The normalized spacial score (nSPS) is 19.4. The third-order valence-electron chi connectivity index (χ3n) is 3.01. The molecule has 0 saturated carbocycles. The lowest BCUT2D eigenvalue weighted by molar-refractivity contribution is -0.149. The van der Waals surface area contributed by atoms with Crippen LogP contribution in [0.15, 0.2) is 0 Å². The lowest BCUT2D eigenvalue weighted by Crippen LogP contribution is -2.44. The van der Waals surface area contributed by atoms with Crippen molar-refractivity contribution in [2.45, 2.75) is 38.8 Å². The van der Waals surface area contributed by atoms with Crippen LogP contribution in [0.4, 0.5) is 0 Å². The van der Waals surface area contributed by atoms with Crippen molar-refractivity contribution < 1.29 is 9.53 Å². The number of rotatable bonds is 4. The van der Waals surface area contributed by atoms with Gasteiger partial charge >= 0.3 is 5.97 Å². The SMILES string of the molecule is CC(C)OC(=O)CN1CCC(N(C)C)CC1. The Morgan fingerprint density at radius 2 is 1.94 bits per heavy atom. The number of ether oxygens (including phenoxy) is 1. The molecule has 0 radical (unpaired) electrons. The minimum atomic E-state index is -0.0988. The maximum atomic E-state index is 11.5. The Morgan fingerprint density at radius 1 is 1.38 bits per heavy atom. The van der Waals surface area contributed by atoms with Gasteiger partial charge in [-0.15, -0.1) is 0 Å². The molecule has 1 aliphatic heterocycles. The van der Waals surface area contributed by atoms with Gasteiger partial charge in [0.15, 0.2) is 0 Å². The van der Waals surface area contributed by atoms with Crippen molar-refractivity contribution in [3.63, 3.8) is 0 Å². The molecule has 1 heterocycles. The van der Waals surface area contributed by atoms with Crippen molar-refractivity contribution in [2.75, 3.05) is 33.7 Å². The Balaban J connectivity index is 2.24. The van der Waals surface area contributed by atoms with E-state index >= 15 is 0 Å². The van der Waals surface area contributed by atoms with Gasteiger partial charge in [0.2, 0.25) is 0 Å². The quantitative estimate of drug-likeness (QED) is 0.671. The number of nitrogens with zero attached hydrogens (tertiary/aromatic N) is 2. The molecule has 0 aromatic heterocycles. The van der Waals surface area contributed by atoms with E-state index < -0.39 is 0 Å². The summed E-state index contributed by atoms with van der Waals surface area (Å²) >= 11 is 0. The van der Waals surface area contributed by atoms with E-state index in [1.807, 2.05) is 13.8 Å². The Morgan fingerprint density at radius 3 is 2.38 bits per heavy atom. The Bertz CT molecular complexity index is 221. The van der Waals surface area contributed by atoms with E-state index in [2.05, 4.69) is 23.9 Å². The second-order valence-electron chi connectivity index (χ2n) is 5.01. The molecule has 0 atom stereocenters. The summed E-state index contributed by atoms with van der Waals surface area (Å²) in [5, 5.41) is 0. The van der Waals surface area contributed by atoms with Crippen molar-refractivity contribution >= 4 is 5.97 Å². The molecule has 1 rings (SSSR count). The fourth-order valence-corrected chi connectivity index (χ4v) is 2.08. The topological polar surface area (TPSA) is 32.8 Å². The van der Waals surface area contributed by atoms with Gasteiger partial charge in [0.05, 0.1) is 12.6 Å². The van der Waals surface area contributed by atoms with E-state index in [1.165, 1.54) is 0 Å². The van der Waals surface area contributed by atoms with E-state index in [1.54, 1.807) is 0 Å². The predicted molar refractivity (Wildman–Crippen MR) is 64.4 cm³/mol. The highest BCUT2D eigenvalue weighted by molar-refractivity contribution is 5.71. The number of hydrogen-bond donors (Lipinski definition) is 0. The van der Waals surface area contributed by atoms with Gasteiger partial charge in [0.25, 0.3) is 0 Å². The lowest BCUT2D eigenvalue weighted by Gasteiger charge is -2.34. The van der Waals surface area contributed by atoms with Crippen LogP contribution in [0.1, 0.15) is 26.7 Å². The van der Waals surface area contributed by atoms with Gasteiger partial charge in [-0.25, -0.2) is 0 Å². The minimum absolute atomic E-state index is 0.00758. The second kappa shape index (κ2) is 6.21. The predicted octanol–water partition coefficient (Wildman–Crippen LogP) is 0.964. The molecular formula is C12H24N2O2. The summed E-state index contributed by atoms with van der Waals surface area (Å²) in [4.78, 5) is 15.9. The van der Waals surface area contributed by atoms with Crippen LogP contribution < -0.4 is 0 Å². The van der Waals surface area contributed by atoms with Gasteiger partial charge < -0.3 is 9.64 Å². The Hall–Kier alpha value is -0.610. The van der Waals surface area contributed by atoms with E-state index in [-0.39, 0.29) is 12.1 Å². The summed E-state index contributed by atoms with van der Waals surface area (Å²) < 4.78 is 5.14. The Labute approximate surface area is 98.5 Å². The van der Waals surface area contributed by atoms with Gasteiger partial charge in [0.1, 0.15) is 0 Å². The van der Waals surface area contributed by atoms with Crippen molar-refractivity contribution in [2.24, 2.45) is 0 Å². The van der Waals surface area contributed by atoms with Crippen molar-refractivity contribution in [1.82, 2.24) is 9.80 Å². The molecule has 0 N–H and O–H groups in total. The summed E-state index contributed by atoms with van der Waals surface area (Å²) in [6.45, 7) is 6.21. The molecule has 1 saturated heterocycles. The van der Waals surface area contributed by atoms with E-state index in [9.17, 15) is 4.79 Å². The first-order valence-corrected chi connectivity index (χ1v) is 6.07. The lowest BCUT2D eigenvalue weighted by atomic mass is 10.0. The highest BCUT2D eigenvalue weighted by Crippen LogP contribution is 2.13. The van der Waals surface area contributed by atoms with Crippen molar-refractivity contribution in [3.05, 3.63) is 0 Å². The summed E-state index contributed by atoms with van der Waals surface area (Å²) in [5.74, 6) is -0.0988. The fraction of sp³-hybridized carbons (Fsp3) is 0.917. The molecule has 1 fully saturated rings. The minimum Gasteiger partial charge on any atom is -0.462 e. The van der Waals surface area contributed by atoms with Crippen LogP contribution in [-0.4, -0.2) is 61.6 Å². The largest absolute Gasteiger partial charge is 0.462 e. The fourth-order valence-electron chi connectivity index (χ4n) is 2.08. The molecular weight excluding hydrogens is 204 g/mol. The molecule has 0 aliphatic carbocycles. The van der Waals surface area contributed by atoms with Gasteiger partial charge in [-0.1, -0.05) is 0 Å². The smallest absolute Gasteiger partial charge is 0.320 e. The molecule has 0 spiro atoms. The maximum absolute atomic E-state index is 11.5. The van der Waals surface area contributed by atoms with E-state index in [0.717, 1.165) is 25.9 Å². The second-order valence-corrected chi connectivity index (χ2v) is 5.01. The molecule has 4 nitrogen and oxygen atoms in total. The summed E-state index contributed by atoms with van der Waals surface area (Å²) in [7, 11) is 4.24. The zero-order valence-electron chi connectivity index (χ0n) is 10.9. The summed E-state index contributed by atoms with van der Waals surface area (Å²) in [6, 6.07) is 0.664. The number of piperidine rings is 1. The molecule has 0 amide bonds. The molecule has 0 unspecified atom stereocenters. The number of likely N-dealkylation sites (tertiary alicyclic amines) is 1. The van der Waals surface area contributed by atoms with Crippen molar-refractivity contribution in [1.29, 1.82) is 0 Å². The standard InChI is InChI=1S/C12H24N2O2/c1-10(2)16-12(15)9-14-7-5-11(6-8-14)13(3)4/h10-11H,5-9H2,1-4H3. The monoisotopic (exact) mass is 228 g/mol. The third kappa shape index (κ3) is 4.49. The average molecular weight is 228 g/mol. The first-order valence-electron chi connectivity index (χ1n) is 6.07. The van der Waals surface area contributed by atoms with Crippen LogP contribution >= 0.6 is 0 Å². The molecule has 0 bridgehead atoms. The van der Waals surface area contributed by atoms with Crippen LogP contribution in [0, 0.1) is 0 Å². The molecule has 1 aliphatic rings.